The Morgan fingerprint density at radius 2 is 2.20 bits per heavy atom. The Kier molecular flexibility index (Phi) is 3.88. The highest BCUT2D eigenvalue weighted by molar-refractivity contribution is 5.87. The van der Waals surface area contributed by atoms with Crippen LogP contribution in [0.3, 0.4) is 0 Å². The van der Waals surface area contributed by atoms with Crippen LogP contribution >= 0.6 is 0 Å². The van der Waals surface area contributed by atoms with Gasteiger partial charge in [0.1, 0.15) is 0 Å². The van der Waals surface area contributed by atoms with Gasteiger partial charge in [-0.25, -0.2) is 4.79 Å². The Hall–Kier alpha value is -1.61. The molecule has 2 bridgehead atoms. The van der Waals surface area contributed by atoms with Gasteiger partial charge in [-0.05, 0) is 61.3 Å². The lowest BCUT2D eigenvalue weighted by molar-refractivity contribution is 0.0696. The molecule has 0 saturated heterocycles. The van der Waals surface area contributed by atoms with E-state index < -0.39 is 5.97 Å². The summed E-state index contributed by atoms with van der Waals surface area (Å²) in [6.07, 6.45) is 8.79. The average molecular weight is 271 g/mol. The van der Waals surface area contributed by atoms with Crippen LogP contribution in [0.5, 0.6) is 0 Å². The van der Waals surface area contributed by atoms with Gasteiger partial charge in [0, 0.05) is 6.54 Å². The highest BCUT2D eigenvalue weighted by atomic mass is 16.4. The second-order valence-corrected chi connectivity index (χ2v) is 6.02. The zero-order valence-corrected chi connectivity index (χ0v) is 11.6. The smallest absolute Gasteiger partial charge is 0.335 e. The second-order valence-electron chi connectivity index (χ2n) is 6.02. The van der Waals surface area contributed by atoms with Crippen LogP contribution in [0.15, 0.2) is 36.4 Å². The number of benzene rings is 1. The summed E-state index contributed by atoms with van der Waals surface area (Å²) in [6.45, 7) is 1.78. The molecular weight excluding hydrogens is 250 g/mol. The Morgan fingerprint density at radius 1 is 1.30 bits per heavy atom. The maximum Gasteiger partial charge on any atom is 0.335 e. The van der Waals surface area contributed by atoms with Crippen molar-refractivity contribution in [1.82, 2.24) is 5.32 Å². The van der Waals surface area contributed by atoms with Gasteiger partial charge in [0.25, 0.3) is 0 Å². The van der Waals surface area contributed by atoms with Crippen LogP contribution in [0.4, 0.5) is 0 Å². The van der Waals surface area contributed by atoms with Crippen molar-refractivity contribution >= 4 is 5.97 Å². The Bertz CT molecular complexity index is 523. The van der Waals surface area contributed by atoms with Crippen molar-refractivity contribution in [3.8, 4) is 0 Å². The van der Waals surface area contributed by atoms with Crippen LogP contribution in [0, 0.1) is 17.8 Å². The molecule has 106 valence electrons. The van der Waals surface area contributed by atoms with Crippen molar-refractivity contribution < 1.29 is 9.90 Å². The molecule has 0 aromatic heterocycles. The maximum atomic E-state index is 10.9. The molecule has 1 saturated carbocycles. The Morgan fingerprint density at radius 3 is 2.85 bits per heavy atom. The molecule has 2 N–H and O–H groups in total. The van der Waals surface area contributed by atoms with Gasteiger partial charge in [-0.15, -0.1) is 0 Å². The van der Waals surface area contributed by atoms with Crippen molar-refractivity contribution in [3.63, 3.8) is 0 Å². The number of fused-ring (bicyclic) bond motifs is 2. The molecule has 1 fully saturated rings. The first-order valence-corrected chi connectivity index (χ1v) is 7.43. The highest BCUT2D eigenvalue weighted by Crippen LogP contribution is 2.39. The predicted octanol–water partition coefficient (Wildman–Crippen LogP) is 3.08. The minimum absolute atomic E-state index is 0.365. The summed E-state index contributed by atoms with van der Waals surface area (Å²) in [5.74, 6) is 1.43. The number of carbonyl (C=O) groups is 1. The van der Waals surface area contributed by atoms with Gasteiger partial charge in [0.2, 0.25) is 0 Å². The minimum Gasteiger partial charge on any atom is -0.478 e. The maximum absolute atomic E-state index is 10.9. The van der Waals surface area contributed by atoms with E-state index in [1.165, 1.54) is 19.3 Å². The molecule has 3 heteroatoms. The summed E-state index contributed by atoms with van der Waals surface area (Å²) < 4.78 is 0. The van der Waals surface area contributed by atoms with E-state index in [2.05, 4.69) is 17.5 Å². The molecule has 3 aliphatic carbocycles. The Balaban J connectivity index is 1.52. The van der Waals surface area contributed by atoms with Crippen LogP contribution in [-0.2, 0) is 6.54 Å². The molecule has 0 radical (unpaired) electrons. The monoisotopic (exact) mass is 271 g/mol. The van der Waals surface area contributed by atoms with Crippen LogP contribution in [0.2, 0.25) is 0 Å². The minimum atomic E-state index is -0.860. The van der Waals surface area contributed by atoms with Crippen LogP contribution in [-0.4, -0.2) is 17.6 Å². The number of aromatic carboxylic acids is 1. The van der Waals surface area contributed by atoms with E-state index in [4.69, 9.17) is 5.11 Å². The number of carboxylic acids is 1. The van der Waals surface area contributed by atoms with Gasteiger partial charge in [0.05, 0.1) is 5.56 Å². The van der Waals surface area contributed by atoms with Gasteiger partial charge in [0.15, 0.2) is 0 Å². The number of hydrogen-bond donors (Lipinski definition) is 2. The number of allylic oxidation sites excluding steroid dienone is 2. The summed E-state index contributed by atoms with van der Waals surface area (Å²) in [7, 11) is 0. The number of nitrogens with one attached hydrogen (secondary N) is 1. The lowest BCUT2D eigenvalue weighted by atomic mass is 9.69. The molecule has 0 heterocycles. The van der Waals surface area contributed by atoms with Crippen molar-refractivity contribution in [3.05, 3.63) is 47.5 Å². The fourth-order valence-corrected chi connectivity index (χ4v) is 3.50. The number of carboxylic acid groups (broad SMARTS) is 1. The number of hydrogen-bond acceptors (Lipinski definition) is 2. The van der Waals surface area contributed by atoms with E-state index in [0.29, 0.717) is 5.56 Å². The molecule has 0 spiro atoms. The molecule has 3 nitrogen and oxygen atoms in total. The molecule has 3 aliphatic rings. The summed E-state index contributed by atoms with van der Waals surface area (Å²) in [5.41, 5.74) is 1.41. The molecule has 1 aromatic rings. The summed E-state index contributed by atoms with van der Waals surface area (Å²) >= 11 is 0. The van der Waals surface area contributed by atoms with E-state index in [1.54, 1.807) is 12.1 Å². The Labute approximate surface area is 119 Å². The van der Waals surface area contributed by atoms with Gasteiger partial charge in [-0.1, -0.05) is 24.3 Å². The molecule has 4 rings (SSSR count). The van der Waals surface area contributed by atoms with Crippen molar-refractivity contribution in [2.75, 3.05) is 6.54 Å². The standard InChI is InChI=1S/C17H21NO2/c19-17(20)15-3-1-2-13(9-15)10-18-11-16-8-12-4-6-14(16)7-5-12/h1-4,6,9,12,14,16,18H,5,7-8,10-11H2,(H,19,20). The zero-order valence-electron chi connectivity index (χ0n) is 11.6. The third kappa shape index (κ3) is 2.93. The predicted molar refractivity (Wildman–Crippen MR) is 78.6 cm³/mol. The zero-order chi connectivity index (χ0) is 13.9. The lowest BCUT2D eigenvalue weighted by Gasteiger charge is -2.38. The molecule has 1 aromatic carbocycles. The van der Waals surface area contributed by atoms with Crippen molar-refractivity contribution in [2.24, 2.45) is 17.8 Å². The largest absolute Gasteiger partial charge is 0.478 e. The lowest BCUT2D eigenvalue weighted by Crippen LogP contribution is -2.34. The van der Waals surface area contributed by atoms with Crippen molar-refractivity contribution in [1.29, 1.82) is 0 Å². The molecule has 3 atom stereocenters. The van der Waals surface area contributed by atoms with Gasteiger partial charge in [-0.2, -0.15) is 0 Å². The summed E-state index contributed by atoms with van der Waals surface area (Å²) in [6, 6.07) is 7.18. The summed E-state index contributed by atoms with van der Waals surface area (Å²) in [4.78, 5) is 10.9. The van der Waals surface area contributed by atoms with E-state index >= 15 is 0 Å². The topological polar surface area (TPSA) is 49.3 Å². The fourth-order valence-electron chi connectivity index (χ4n) is 3.50. The molecule has 3 unspecified atom stereocenters. The normalized spacial score (nSPS) is 27.7. The third-order valence-corrected chi connectivity index (χ3v) is 4.62. The van der Waals surface area contributed by atoms with Gasteiger partial charge in [-0.3, -0.25) is 0 Å². The van der Waals surface area contributed by atoms with E-state index in [-0.39, 0.29) is 0 Å². The summed E-state index contributed by atoms with van der Waals surface area (Å²) in [5, 5.41) is 12.5. The fraction of sp³-hybridized carbons (Fsp3) is 0.471. The van der Waals surface area contributed by atoms with Crippen LogP contribution in [0.25, 0.3) is 0 Å². The van der Waals surface area contributed by atoms with E-state index in [0.717, 1.165) is 36.4 Å². The van der Waals surface area contributed by atoms with Gasteiger partial charge >= 0.3 is 5.97 Å². The first-order valence-electron chi connectivity index (χ1n) is 7.43. The molecular formula is C17H21NO2. The molecule has 0 amide bonds. The third-order valence-electron chi connectivity index (χ3n) is 4.62. The first-order chi connectivity index (χ1) is 9.72. The number of rotatable bonds is 5. The molecule has 20 heavy (non-hydrogen) atoms. The van der Waals surface area contributed by atoms with E-state index in [1.807, 2.05) is 12.1 Å². The van der Waals surface area contributed by atoms with Gasteiger partial charge < -0.3 is 10.4 Å². The molecule has 0 aliphatic heterocycles. The quantitative estimate of drug-likeness (QED) is 0.809. The highest BCUT2D eigenvalue weighted by Gasteiger charge is 2.31. The van der Waals surface area contributed by atoms with Crippen molar-refractivity contribution in [2.45, 2.75) is 25.8 Å². The average Bonchev–Trinajstić information content (AvgIpc) is 2.49. The SMILES string of the molecule is O=C(O)c1cccc(CNCC2CC3C=CC2CC3)c1. The van der Waals surface area contributed by atoms with E-state index in [9.17, 15) is 4.79 Å². The first kappa shape index (κ1) is 13.4. The van der Waals surface area contributed by atoms with Crippen LogP contribution in [0.1, 0.15) is 35.2 Å². The van der Waals surface area contributed by atoms with Crippen LogP contribution < -0.4 is 5.32 Å². The second kappa shape index (κ2) is 5.80.